The van der Waals surface area contributed by atoms with Gasteiger partial charge in [0.2, 0.25) is 5.91 Å². The molecule has 0 radical (unpaired) electrons. The third-order valence-corrected chi connectivity index (χ3v) is 4.06. The van der Waals surface area contributed by atoms with Crippen LogP contribution in [0, 0.1) is 11.7 Å². The number of hydrogen-bond acceptors (Lipinski definition) is 3. The highest BCUT2D eigenvalue weighted by molar-refractivity contribution is 6.31. The Balaban J connectivity index is 2.23. The lowest BCUT2D eigenvalue weighted by Crippen LogP contribution is -2.46. The number of halogens is 2. The maximum atomic E-state index is 13.3. The van der Waals surface area contributed by atoms with Gasteiger partial charge >= 0.3 is 0 Å². The van der Waals surface area contributed by atoms with Gasteiger partial charge in [0, 0.05) is 12.6 Å². The van der Waals surface area contributed by atoms with Crippen molar-refractivity contribution in [3.8, 4) is 11.3 Å². The van der Waals surface area contributed by atoms with Crippen molar-refractivity contribution >= 4 is 23.4 Å². The van der Waals surface area contributed by atoms with E-state index in [9.17, 15) is 14.0 Å². The quantitative estimate of drug-likeness (QED) is 0.810. The van der Waals surface area contributed by atoms with Gasteiger partial charge in [-0.25, -0.2) is 9.37 Å². The Kier molecular flexibility index (Phi) is 6.69. The van der Waals surface area contributed by atoms with Crippen LogP contribution >= 0.6 is 11.6 Å². The van der Waals surface area contributed by atoms with Crippen LogP contribution in [-0.4, -0.2) is 29.9 Å². The Morgan fingerprint density at radius 3 is 2.58 bits per heavy atom. The number of pyridine rings is 1. The molecule has 0 aliphatic carbocycles. The lowest BCUT2D eigenvalue weighted by Gasteiger charge is -2.19. The molecule has 2 N–H and O–H groups in total. The molecule has 0 bridgehead atoms. The third-order valence-electron chi connectivity index (χ3n) is 3.77. The Labute approximate surface area is 157 Å². The molecule has 1 heterocycles. The molecule has 2 aromatic rings. The molecule has 1 aromatic carbocycles. The smallest absolute Gasteiger partial charge is 0.270 e. The zero-order valence-corrected chi connectivity index (χ0v) is 15.6. The molecule has 1 atom stereocenters. The van der Waals surface area contributed by atoms with Crippen LogP contribution < -0.4 is 10.6 Å². The monoisotopic (exact) mass is 377 g/mol. The molecule has 0 aliphatic heterocycles. The summed E-state index contributed by atoms with van der Waals surface area (Å²) in [6.45, 7) is 3.94. The van der Waals surface area contributed by atoms with E-state index in [0.29, 0.717) is 17.7 Å². The Bertz CT molecular complexity index is 811. The summed E-state index contributed by atoms with van der Waals surface area (Å²) >= 11 is 5.81. The van der Waals surface area contributed by atoms with E-state index in [1.807, 2.05) is 13.8 Å². The fraction of sp³-hybridized carbons (Fsp3) is 0.316. The molecular weight excluding hydrogens is 357 g/mol. The lowest BCUT2D eigenvalue weighted by molar-refractivity contribution is -0.122. The fourth-order valence-corrected chi connectivity index (χ4v) is 2.67. The van der Waals surface area contributed by atoms with Crippen LogP contribution in [0.4, 0.5) is 4.39 Å². The zero-order chi connectivity index (χ0) is 19.3. The average molecular weight is 378 g/mol. The fourth-order valence-electron chi connectivity index (χ4n) is 2.49. The first-order valence-electron chi connectivity index (χ1n) is 8.26. The Morgan fingerprint density at radius 1 is 1.23 bits per heavy atom. The number of hydrogen-bond donors (Lipinski definition) is 2. The van der Waals surface area contributed by atoms with Crippen LogP contribution in [0.2, 0.25) is 5.02 Å². The molecule has 2 amide bonds. The van der Waals surface area contributed by atoms with Crippen molar-refractivity contribution in [2.45, 2.75) is 26.3 Å². The molecule has 0 unspecified atom stereocenters. The minimum atomic E-state index is -0.641. The highest BCUT2D eigenvalue weighted by atomic mass is 35.5. The van der Waals surface area contributed by atoms with Crippen molar-refractivity contribution in [3.05, 3.63) is 52.9 Å². The molecule has 2 rings (SSSR count). The van der Waals surface area contributed by atoms with E-state index in [0.717, 1.165) is 0 Å². The number of rotatable bonds is 6. The molecule has 0 aliphatic rings. The largest absolute Gasteiger partial charge is 0.357 e. The summed E-state index contributed by atoms with van der Waals surface area (Å²) in [6.07, 6.45) is 0.513. The van der Waals surface area contributed by atoms with Gasteiger partial charge in [-0.15, -0.1) is 0 Å². The zero-order valence-electron chi connectivity index (χ0n) is 14.8. The van der Waals surface area contributed by atoms with Crippen LogP contribution in [0.5, 0.6) is 0 Å². The summed E-state index contributed by atoms with van der Waals surface area (Å²) in [7, 11) is 1.53. The van der Waals surface area contributed by atoms with Gasteiger partial charge in [-0.3, -0.25) is 9.59 Å². The van der Waals surface area contributed by atoms with Gasteiger partial charge in [-0.2, -0.15) is 0 Å². The van der Waals surface area contributed by atoms with E-state index >= 15 is 0 Å². The van der Waals surface area contributed by atoms with Crippen molar-refractivity contribution in [2.75, 3.05) is 7.05 Å². The molecule has 0 fully saturated rings. The normalized spacial score (nSPS) is 11.9. The second-order valence-corrected chi connectivity index (χ2v) is 6.71. The lowest BCUT2D eigenvalue weighted by atomic mass is 10.0. The van der Waals surface area contributed by atoms with Gasteiger partial charge in [0.1, 0.15) is 17.6 Å². The first kappa shape index (κ1) is 19.8. The van der Waals surface area contributed by atoms with Gasteiger partial charge in [-0.05, 0) is 42.7 Å². The number of aromatic nitrogens is 1. The maximum Gasteiger partial charge on any atom is 0.270 e. The second kappa shape index (κ2) is 8.76. The highest BCUT2D eigenvalue weighted by Gasteiger charge is 2.22. The van der Waals surface area contributed by atoms with Crippen LogP contribution in [0.25, 0.3) is 11.3 Å². The number of nitrogens with one attached hydrogen (secondary N) is 2. The minimum absolute atomic E-state index is 0.0178. The first-order valence-corrected chi connectivity index (χ1v) is 8.64. The number of carbonyl (C=O) groups is 2. The van der Waals surface area contributed by atoms with Gasteiger partial charge < -0.3 is 10.6 Å². The van der Waals surface area contributed by atoms with Crippen molar-refractivity contribution in [1.29, 1.82) is 0 Å². The van der Waals surface area contributed by atoms with E-state index in [4.69, 9.17) is 11.6 Å². The Morgan fingerprint density at radius 2 is 1.96 bits per heavy atom. The van der Waals surface area contributed by atoms with E-state index < -0.39 is 17.8 Å². The van der Waals surface area contributed by atoms with Gasteiger partial charge in [-0.1, -0.05) is 31.5 Å². The number of amides is 2. The van der Waals surface area contributed by atoms with E-state index in [2.05, 4.69) is 15.6 Å². The standard InChI is InChI=1S/C19H21ClFN3O2/c1-11(2)9-17(18(25)22-3)24-19(26)16-6-4-5-15(23-16)12-7-8-14(21)13(20)10-12/h4-8,10-11,17H,9H2,1-3H3,(H,22,25)(H,24,26)/t17-/m0/s1. The molecular formula is C19H21ClFN3O2. The van der Waals surface area contributed by atoms with E-state index in [1.54, 1.807) is 18.2 Å². The topological polar surface area (TPSA) is 71.1 Å². The number of benzene rings is 1. The molecule has 5 nitrogen and oxygen atoms in total. The van der Waals surface area contributed by atoms with E-state index in [1.165, 1.54) is 25.2 Å². The second-order valence-electron chi connectivity index (χ2n) is 6.31. The SMILES string of the molecule is CNC(=O)[C@H](CC(C)C)NC(=O)c1cccc(-c2ccc(F)c(Cl)c2)n1. The van der Waals surface area contributed by atoms with Gasteiger partial charge in [0.25, 0.3) is 5.91 Å². The van der Waals surface area contributed by atoms with Crippen LogP contribution in [0.15, 0.2) is 36.4 Å². The van der Waals surface area contributed by atoms with Gasteiger partial charge in [0.05, 0.1) is 10.7 Å². The summed E-state index contributed by atoms with van der Waals surface area (Å²) in [5, 5.41) is 5.25. The van der Waals surface area contributed by atoms with Crippen LogP contribution in [0.1, 0.15) is 30.8 Å². The molecule has 26 heavy (non-hydrogen) atoms. The maximum absolute atomic E-state index is 13.3. The summed E-state index contributed by atoms with van der Waals surface area (Å²) in [6, 6.07) is 8.52. The number of likely N-dealkylation sites (N-methyl/N-ethyl adjacent to an activating group) is 1. The Hall–Kier alpha value is -2.47. The van der Waals surface area contributed by atoms with Gasteiger partial charge in [0.15, 0.2) is 0 Å². The predicted molar refractivity (Wildman–Crippen MR) is 99.4 cm³/mol. The highest BCUT2D eigenvalue weighted by Crippen LogP contribution is 2.23. The summed E-state index contributed by atoms with van der Waals surface area (Å²) in [5.41, 5.74) is 1.25. The number of nitrogens with zero attached hydrogens (tertiary/aromatic N) is 1. The van der Waals surface area contributed by atoms with E-state index in [-0.39, 0.29) is 22.5 Å². The molecule has 138 valence electrons. The van der Waals surface area contributed by atoms with Crippen molar-refractivity contribution in [2.24, 2.45) is 5.92 Å². The average Bonchev–Trinajstić information content (AvgIpc) is 2.62. The minimum Gasteiger partial charge on any atom is -0.357 e. The molecule has 0 saturated heterocycles. The summed E-state index contributed by atoms with van der Waals surface area (Å²) < 4.78 is 13.3. The molecule has 0 saturated carbocycles. The molecule has 0 spiro atoms. The van der Waals surface area contributed by atoms with Crippen molar-refractivity contribution in [3.63, 3.8) is 0 Å². The third kappa shape index (κ3) is 5.02. The molecule has 7 heteroatoms. The van der Waals surface area contributed by atoms with Crippen molar-refractivity contribution < 1.29 is 14.0 Å². The van der Waals surface area contributed by atoms with Crippen molar-refractivity contribution in [1.82, 2.24) is 15.6 Å². The first-order chi connectivity index (χ1) is 12.3. The number of carbonyl (C=O) groups excluding carboxylic acids is 2. The summed E-state index contributed by atoms with van der Waals surface area (Å²) in [4.78, 5) is 28.8. The molecule has 1 aromatic heterocycles. The van der Waals surface area contributed by atoms with Crippen LogP contribution in [0.3, 0.4) is 0 Å². The van der Waals surface area contributed by atoms with Crippen LogP contribution in [-0.2, 0) is 4.79 Å². The predicted octanol–water partition coefficient (Wildman–Crippen LogP) is 3.43. The summed E-state index contributed by atoms with van der Waals surface area (Å²) in [5.74, 6) is -0.993.